The van der Waals surface area contributed by atoms with Crippen molar-refractivity contribution in [2.75, 3.05) is 7.11 Å². The summed E-state index contributed by atoms with van der Waals surface area (Å²) in [5, 5.41) is 2.94. The maximum absolute atomic E-state index is 11.3. The highest BCUT2D eigenvalue weighted by atomic mass is 32.1. The van der Waals surface area contributed by atoms with Crippen LogP contribution >= 0.6 is 11.3 Å². The molecule has 2 aromatic rings. The number of carbonyl (C=O) groups is 1. The molecule has 0 saturated heterocycles. The van der Waals surface area contributed by atoms with Crippen LogP contribution in [0.25, 0.3) is 0 Å². The molecule has 1 atom stereocenters. The molecular weight excluding hydrogens is 288 g/mol. The molecule has 1 aromatic carbocycles. The van der Waals surface area contributed by atoms with E-state index in [-0.39, 0.29) is 0 Å². The van der Waals surface area contributed by atoms with Gasteiger partial charge in [0.15, 0.2) is 0 Å². The fourth-order valence-electron chi connectivity index (χ4n) is 1.82. The Morgan fingerprint density at radius 2 is 2.10 bits per heavy atom. The van der Waals surface area contributed by atoms with Crippen LogP contribution in [-0.4, -0.2) is 24.1 Å². The zero-order valence-electron chi connectivity index (χ0n) is 12.0. The van der Waals surface area contributed by atoms with Crippen molar-refractivity contribution in [3.05, 3.63) is 45.9 Å². The van der Waals surface area contributed by atoms with Crippen LogP contribution in [0.5, 0.6) is 5.75 Å². The van der Waals surface area contributed by atoms with Gasteiger partial charge < -0.3 is 15.2 Å². The third-order valence-corrected chi connectivity index (χ3v) is 3.85. The minimum atomic E-state index is -0.639. The van der Waals surface area contributed by atoms with Crippen molar-refractivity contribution in [1.82, 2.24) is 4.98 Å². The van der Waals surface area contributed by atoms with E-state index in [4.69, 9.17) is 10.5 Å². The van der Waals surface area contributed by atoms with Crippen molar-refractivity contribution in [3.63, 3.8) is 0 Å². The van der Waals surface area contributed by atoms with Gasteiger partial charge in [-0.05, 0) is 31.0 Å². The highest BCUT2D eigenvalue weighted by molar-refractivity contribution is 7.09. The van der Waals surface area contributed by atoms with Crippen molar-refractivity contribution < 1.29 is 14.3 Å². The zero-order valence-corrected chi connectivity index (χ0v) is 12.9. The van der Waals surface area contributed by atoms with Gasteiger partial charge in [-0.15, -0.1) is 11.3 Å². The second-order valence-corrected chi connectivity index (χ2v) is 5.59. The molecule has 0 aliphatic carbocycles. The van der Waals surface area contributed by atoms with E-state index >= 15 is 0 Å². The van der Waals surface area contributed by atoms with E-state index in [0.29, 0.717) is 13.0 Å². The van der Waals surface area contributed by atoms with E-state index < -0.39 is 12.0 Å². The predicted octanol–water partition coefficient (Wildman–Crippen LogP) is 2.07. The van der Waals surface area contributed by atoms with E-state index in [2.05, 4.69) is 9.72 Å². The second kappa shape index (κ2) is 7.19. The van der Waals surface area contributed by atoms with Crippen LogP contribution in [0.3, 0.4) is 0 Å². The number of carbonyl (C=O) groups excluding carboxylic acids is 1. The number of aromatic nitrogens is 1. The number of nitrogens with two attached hydrogens (primary N) is 1. The number of hydrogen-bond acceptors (Lipinski definition) is 6. The van der Waals surface area contributed by atoms with Crippen LogP contribution in [0.2, 0.25) is 0 Å². The van der Waals surface area contributed by atoms with Crippen molar-refractivity contribution in [1.29, 1.82) is 0 Å². The molecule has 5 nitrogen and oxygen atoms in total. The Morgan fingerprint density at radius 1 is 1.38 bits per heavy atom. The number of rotatable bonds is 6. The van der Waals surface area contributed by atoms with E-state index in [1.807, 2.05) is 36.6 Å². The summed E-state index contributed by atoms with van der Waals surface area (Å²) in [5.74, 6) is 0.354. The number of benzene rings is 1. The summed E-state index contributed by atoms with van der Waals surface area (Å²) in [6.45, 7) is 2.42. The molecule has 2 rings (SSSR count). The van der Waals surface area contributed by atoms with E-state index in [1.54, 1.807) is 11.3 Å². The molecule has 1 heterocycles. The van der Waals surface area contributed by atoms with Crippen LogP contribution in [0.1, 0.15) is 16.3 Å². The highest BCUT2D eigenvalue weighted by Crippen LogP contribution is 2.16. The van der Waals surface area contributed by atoms with Gasteiger partial charge in [0.1, 0.15) is 23.4 Å². The van der Waals surface area contributed by atoms with Gasteiger partial charge in [-0.25, -0.2) is 4.98 Å². The van der Waals surface area contributed by atoms with E-state index in [9.17, 15) is 4.79 Å². The Bertz CT molecular complexity index is 595. The van der Waals surface area contributed by atoms with Crippen LogP contribution < -0.4 is 10.5 Å². The first-order valence-electron chi connectivity index (χ1n) is 6.54. The van der Waals surface area contributed by atoms with Gasteiger partial charge in [-0.2, -0.15) is 0 Å². The quantitative estimate of drug-likeness (QED) is 0.827. The molecule has 0 fully saturated rings. The summed E-state index contributed by atoms with van der Waals surface area (Å²) in [5.41, 5.74) is 7.69. The summed E-state index contributed by atoms with van der Waals surface area (Å²) < 4.78 is 10.3. The molecule has 0 aliphatic heterocycles. The van der Waals surface area contributed by atoms with Crippen molar-refractivity contribution in [3.8, 4) is 5.75 Å². The Hall–Kier alpha value is -1.92. The minimum Gasteiger partial charge on any atom is -0.486 e. The maximum Gasteiger partial charge on any atom is 0.322 e. The molecule has 112 valence electrons. The Morgan fingerprint density at radius 3 is 2.67 bits per heavy atom. The summed E-state index contributed by atoms with van der Waals surface area (Å²) in [4.78, 5) is 15.6. The Labute approximate surface area is 127 Å². The molecule has 6 heteroatoms. The third-order valence-electron chi connectivity index (χ3n) is 2.91. The maximum atomic E-state index is 11.3. The molecule has 0 amide bonds. The van der Waals surface area contributed by atoms with Crippen molar-refractivity contribution >= 4 is 17.3 Å². The largest absolute Gasteiger partial charge is 0.486 e. The molecule has 1 aromatic heterocycles. The lowest BCUT2D eigenvalue weighted by Gasteiger charge is -2.10. The van der Waals surface area contributed by atoms with E-state index in [1.165, 1.54) is 7.11 Å². The van der Waals surface area contributed by atoms with Gasteiger partial charge >= 0.3 is 5.97 Å². The Kier molecular flexibility index (Phi) is 5.30. The van der Waals surface area contributed by atoms with E-state index in [0.717, 1.165) is 22.0 Å². The molecule has 0 saturated carbocycles. The summed E-state index contributed by atoms with van der Waals surface area (Å²) in [6.07, 6.45) is 0.443. The minimum absolute atomic E-state index is 0.408. The molecule has 1 unspecified atom stereocenters. The van der Waals surface area contributed by atoms with Gasteiger partial charge in [0.2, 0.25) is 0 Å². The first-order chi connectivity index (χ1) is 10.1. The SMILES string of the molecule is COC(=O)C(N)Cc1ccc(OCc2nc(C)cs2)cc1. The van der Waals surface area contributed by atoms with Crippen molar-refractivity contribution in [2.45, 2.75) is 26.0 Å². The monoisotopic (exact) mass is 306 g/mol. The lowest BCUT2D eigenvalue weighted by Crippen LogP contribution is -2.33. The fourth-order valence-corrected chi connectivity index (χ4v) is 2.51. The normalized spacial score (nSPS) is 12.0. The van der Waals surface area contributed by atoms with Crippen LogP contribution in [0.4, 0.5) is 0 Å². The average molecular weight is 306 g/mol. The second-order valence-electron chi connectivity index (χ2n) is 4.65. The summed E-state index contributed by atoms with van der Waals surface area (Å²) in [6, 6.07) is 6.87. The predicted molar refractivity (Wildman–Crippen MR) is 81.3 cm³/mol. The van der Waals surface area contributed by atoms with Gasteiger partial charge in [0, 0.05) is 11.1 Å². The first kappa shape index (κ1) is 15.5. The molecule has 0 radical (unpaired) electrons. The molecule has 21 heavy (non-hydrogen) atoms. The highest BCUT2D eigenvalue weighted by Gasteiger charge is 2.14. The Balaban J connectivity index is 1.88. The van der Waals surface area contributed by atoms with Gasteiger partial charge in [0.25, 0.3) is 0 Å². The molecule has 0 bridgehead atoms. The van der Waals surface area contributed by atoms with Gasteiger partial charge in [-0.1, -0.05) is 12.1 Å². The lowest BCUT2D eigenvalue weighted by atomic mass is 10.1. The van der Waals surface area contributed by atoms with Crippen LogP contribution in [0.15, 0.2) is 29.6 Å². The topological polar surface area (TPSA) is 74.4 Å². The fraction of sp³-hybridized carbons (Fsp3) is 0.333. The van der Waals surface area contributed by atoms with Crippen LogP contribution in [0, 0.1) is 6.92 Å². The number of methoxy groups -OCH3 is 1. The number of hydrogen-bond donors (Lipinski definition) is 1. The molecule has 0 aliphatic rings. The smallest absolute Gasteiger partial charge is 0.322 e. The first-order valence-corrected chi connectivity index (χ1v) is 7.42. The van der Waals surface area contributed by atoms with Gasteiger partial charge in [-0.3, -0.25) is 4.79 Å². The average Bonchev–Trinajstić information content (AvgIpc) is 2.91. The standard InChI is InChI=1S/C15H18N2O3S/c1-10-9-21-14(17-10)8-20-12-5-3-11(4-6-12)7-13(16)15(18)19-2/h3-6,9,13H,7-8,16H2,1-2H3. The number of thiazole rings is 1. The van der Waals surface area contributed by atoms with Gasteiger partial charge in [0.05, 0.1) is 7.11 Å². The third kappa shape index (κ3) is 4.54. The molecular formula is C15H18N2O3S. The molecule has 2 N–H and O–H groups in total. The van der Waals surface area contributed by atoms with Crippen molar-refractivity contribution in [2.24, 2.45) is 5.73 Å². The number of nitrogens with zero attached hydrogens (tertiary/aromatic N) is 1. The zero-order chi connectivity index (χ0) is 15.2. The molecule has 0 spiro atoms. The number of aryl methyl sites for hydroxylation is 1. The van der Waals surface area contributed by atoms with Crippen LogP contribution in [-0.2, 0) is 22.6 Å². The summed E-state index contributed by atoms with van der Waals surface area (Å²) in [7, 11) is 1.33. The number of ether oxygens (including phenoxy) is 2. The summed E-state index contributed by atoms with van der Waals surface area (Å²) >= 11 is 1.58. The lowest BCUT2D eigenvalue weighted by molar-refractivity contribution is -0.142. The number of esters is 1.